The van der Waals surface area contributed by atoms with Gasteiger partial charge in [0.25, 0.3) is 0 Å². The molecule has 0 saturated carbocycles. The number of carbonyl (C=O) groups excluding carboxylic acids is 1. The van der Waals surface area contributed by atoms with Gasteiger partial charge >= 0.3 is 0 Å². The minimum atomic E-state index is -0.351. The van der Waals surface area contributed by atoms with Crippen LogP contribution in [0.15, 0.2) is 94.3 Å². The van der Waals surface area contributed by atoms with Gasteiger partial charge < -0.3 is 4.74 Å². The van der Waals surface area contributed by atoms with Gasteiger partial charge in [0, 0.05) is 11.8 Å². The summed E-state index contributed by atoms with van der Waals surface area (Å²) in [5.41, 5.74) is 3.77. The molecule has 27 heavy (non-hydrogen) atoms. The van der Waals surface area contributed by atoms with Crippen molar-refractivity contribution in [3.63, 3.8) is 0 Å². The zero-order chi connectivity index (χ0) is 18.9. The summed E-state index contributed by atoms with van der Waals surface area (Å²) in [6.45, 7) is 0. The summed E-state index contributed by atoms with van der Waals surface area (Å²) in [5.74, 6) is 0.773. The number of nitrogens with one attached hydrogen (secondary N) is 1. The number of hydrogen-bond donors (Lipinski definition) is 1. The number of carbonyl (C=O) groups is 1. The van der Waals surface area contributed by atoms with Crippen molar-refractivity contribution in [2.45, 2.75) is 0 Å². The van der Waals surface area contributed by atoms with Crippen LogP contribution in [0.5, 0.6) is 5.75 Å². The van der Waals surface area contributed by atoms with Gasteiger partial charge in [-0.2, -0.15) is 0 Å². The normalized spacial score (nSPS) is 11.4. The van der Waals surface area contributed by atoms with E-state index < -0.39 is 0 Å². The maximum atomic E-state index is 12.7. The zero-order valence-corrected chi connectivity index (χ0v) is 14.6. The van der Waals surface area contributed by atoms with E-state index in [-0.39, 0.29) is 11.6 Å². The van der Waals surface area contributed by atoms with Crippen molar-refractivity contribution in [1.82, 2.24) is 4.98 Å². The molecule has 0 aliphatic heterocycles. The van der Waals surface area contributed by atoms with Crippen LogP contribution >= 0.6 is 0 Å². The Hall–Kier alpha value is -3.87. The van der Waals surface area contributed by atoms with Gasteiger partial charge in [0.1, 0.15) is 11.6 Å². The number of anilines is 1. The number of nitrogens with zero attached hydrogens (tertiary/aromatic N) is 4. The Morgan fingerprint density at radius 1 is 0.963 bits per heavy atom. The van der Waals surface area contributed by atoms with Crippen molar-refractivity contribution in [3.05, 3.63) is 84.6 Å². The molecule has 0 bridgehead atoms. The first kappa shape index (κ1) is 17.9. The van der Waals surface area contributed by atoms with E-state index in [0.29, 0.717) is 22.8 Å². The molecule has 1 N–H and O–H groups in total. The average molecular weight is 359 g/mol. The molecule has 2 aromatic carbocycles. The Bertz CT molecular complexity index is 939. The monoisotopic (exact) mass is 359 g/mol. The lowest BCUT2D eigenvalue weighted by Gasteiger charge is -2.02. The van der Waals surface area contributed by atoms with E-state index in [1.54, 1.807) is 74.0 Å². The van der Waals surface area contributed by atoms with E-state index in [0.717, 1.165) is 0 Å². The van der Waals surface area contributed by atoms with Gasteiger partial charge in [-0.1, -0.05) is 36.4 Å². The molecule has 7 nitrogen and oxygen atoms in total. The highest BCUT2D eigenvalue weighted by molar-refractivity contribution is 6.45. The molecule has 0 spiro atoms. The minimum Gasteiger partial charge on any atom is -0.497 e. The van der Waals surface area contributed by atoms with E-state index in [9.17, 15) is 4.79 Å². The molecule has 3 rings (SSSR count). The first-order valence-corrected chi connectivity index (χ1v) is 8.16. The van der Waals surface area contributed by atoms with Crippen LogP contribution in [0.25, 0.3) is 0 Å². The molecule has 1 heterocycles. The molecule has 0 aliphatic carbocycles. The van der Waals surface area contributed by atoms with Crippen LogP contribution in [0.2, 0.25) is 0 Å². The van der Waals surface area contributed by atoms with Crippen molar-refractivity contribution in [2.75, 3.05) is 12.5 Å². The maximum Gasteiger partial charge on any atom is 0.241 e. The second kappa shape index (κ2) is 9.00. The highest BCUT2D eigenvalue weighted by Crippen LogP contribution is 2.18. The average Bonchev–Trinajstić information content (AvgIpc) is 2.75. The first-order valence-electron chi connectivity index (χ1n) is 8.16. The molecule has 0 atom stereocenters. The van der Waals surface area contributed by atoms with Crippen LogP contribution in [0.4, 0.5) is 11.5 Å². The number of methoxy groups -OCH3 is 1. The third kappa shape index (κ3) is 5.05. The molecule has 0 fully saturated rings. The highest BCUT2D eigenvalue weighted by Gasteiger charge is 2.14. The van der Waals surface area contributed by atoms with E-state index in [1.165, 1.54) is 0 Å². The van der Waals surface area contributed by atoms with Crippen LogP contribution in [0.1, 0.15) is 10.4 Å². The summed E-state index contributed by atoms with van der Waals surface area (Å²) < 4.78 is 5.11. The fourth-order valence-electron chi connectivity index (χ4n) is 2.13. The predicted molar refractivity (Wildman–Crippen MR) is 104 cm³/mol. The van der Waals surface area contributed by atoms with Gasteiger partial charge in [0.2, 0.25) is 11.6 Å². The molecule has 0 amide bonds. The Morgan fingerprint density at radius 2 is 1.70 bits per heavy atom. The van der Waals surface area contributed by atoms with E-state index in [1.807, 2.05) is 12.1 Å². The van der Waals surface area contributed by atoms with Crippen LogP contribution in [-0.2, 0) is 0 Å². The summed E-state index contributed by atoms with van der Waals surface area (Å²) in [6, 6.07) is 21.1. The van der Waals surface area contributed by atoms with E-state index >= 15 is 0 Å². The number of azo groups is 1. The van der Waals surface area contributed by atoms with Crippen molar-refractivity contribution in [3.8, 4) is 5.75 Å². The lowest BCUT2D eigenvalue weighted by molar-refractivity contribution is 0.106. The van der Waals surface area contributed by atoms with Gasteiger partial charge in [0.05, 0.1) is 12.8 Å². The Kier molecular flexibility index (Phi) is 5.98. The van der Waals surface area contributed by atoms with E-state index in [2.05, 4.69) is 25.7 Å². The van der Waals surface area contributed by atoms with Crippen LogP contribution in [0.3, 0.4) is 0 Å². The maximum absolute atomic E-state index is 12.7. The zero-order valence-electron chi connectivity index (χ0n) is 14.6. The SMILES string of the molecule is COc1ccc(/N=N/C(=N\Nc2ccccn2)C(=O)c2ccccc2)cc1. The smallest absolute Gasteiger partial charge is 0.241 e. The quantitative estimate of drug-likeness (QED) is 0.231. The third-order valence-electron chi connectivity index (χ3n) is 3.51. The summed E-state index contributed by atoms with van der Waals surface area (Å²) in [4.78, 5) is 16.8. The summed E-state index contributed by atoms with van der Waals surface area (Å²) in [5, 5.41) is 12.2. The van der Waals surface area contributed by atoms with Gasteiger partial charge in [0.15, 0.2) is 0 Å². The van der Waals surface area contributed by atoms with Gasteiger partial charge in [-0.15, -0.1) is 15.3 Å². The number of hydrogen-bond acceptors (Lipinski definition) is 6. The number of rotatable bonds is 6. The van der Waals surface area contributed by atoms with Crippen molar-refractivity contribution in [1.29, 1.82) is 0 Å². The number of Topliss-reactive ketones (excluding diaryl/α,β-unsaturated/α-hetero) is 1. The Morgan fingerprint density at radius 3 is 2.37 bits per heavy atom. The van der Waals surface area contributed by atoms with Gasteiger partial charge in [-0.3, -0.25) is 10.2 Å². The number of ether oxygens (including phenoxy) is 1. The molecule has 0 saturated heterocycles. The molecular weight excluding hydrogens is 342 g/mol. The largest absolute Gasteiger partial charge is 0.497 e. The fraction of sp³-hybridized carbons (Fsp3) is 0.0500. The molecule has 1 aromatic heterocycles. The lowest BCUT2D eigenvalue weighted by atomic mass is 10.1. The Balaban J connectivity index is 1.86. The predicted octanol–water partition coefficient (Wildman–Crippen LogP) is 4.48. The summed E-state index contributed by atoms with van der Waals surface area (Å²) in [6.07, 6.45) is 1.62. The molecule has 134 valence electrons. The van der Waals surface area contributed by atoms with Crippen molar-refractivity contribution in [2.24, 2.45) is 15.3 Å². The molecule has 0 aliphatic rings. The van der Waals surface area contributed by atoms with Gasteiger partial charge in [-0.05, 0) is 36.4 Å². The van der Waals surface area contributed by atoms with Crippen LogP contribution < -0.4 is 10.2 Å². The number of amidine groups is 1. The van der Waals surface area contributed by atoms with E-state index in [4.69, 9.17) is 4.74 Å². The molecule has 3 aromatic rings. The van der Waals surface area contributed by atoms with Crippen molar-refractivity contribution < 1.29 is 9.53 Å². The standard InChI is InChI=1S/C20H17N5O2/c1-27-17-12-10-16(11-13-17)22-24-20(19(26)15-7-3-2-4-8-15)25-23-18-9-5-6-14-21-18/h2-14H,1H3,(H,21,23)/b24-22+,25-20-. The topological polar surface area (TPSA) is 88.3 Å². The second-order valence-corrected chi connectivity index (χ2v) is 5.36. The molecule has 0 unspecified atom stereocenters. The van der Waals surface area contributed by atoms with Crippen LogP contribution in [-0.4, -0.2) is 23.7 Å². The number of hydrazone groups is 1. The Labute approximate surface area is 156 Å². The highest BCUT2D eigenvalue weighted by atomic mass is 16.5. The number of aromatic nitrogens is 1. The van der Waals surface area contributed by atoms with Gasteiger partial charge in [-0.25, -0.2) is 4.98 Å². The number of benzene rings is 2. The third-order valence-corrected chi connectivity index (χ3v) is 3.51. The second-order valence-electron chi connectivity index (χ2n) is 5.36. The summed E-state index contributed by atoms with van der Waals surface area (Å²) in [7, 11) is 1.59. The minimum absolute atomic E-state index is 0.0809. The van der Waals surface area contributed by atoms with Crippen LogP contribution in [0, 0.1) is 0 Å². The molecule has 0 radical (unpaired) electrons. The number of pyridine rings is 1. The molecule has 7 heteroatoms. The fourth-order valence-corrected chi connectivity index (χ4v) is 2.13. The molecular formula is C20H17N5O2. The first-order chi connectivity index (χ1) is 13.3. The van der Waals surface area contributed by atoms with Crippen molar-refractivity contribution >= 4 is 23.1 Å². The lowest BCUT2D eigenvalue weighted by Crippen LogP contribution is -2.13. The number of ketones is 1. The summed E-state index contributed by atoms with van der Waals surface area (Å²) >= 11 is 0.